The third-order valence-corrected chi connectivity index (χ3v) is 2.80. The van der Waals surface area contributed by atoms with Crippen LogP contribution in [0.1, 0.15) is 15.9 Å². The number of nitrogens with zero attached hydrogens (tertiary/aromatic N) is 1. The molecule has 0 aliphatic rings. The monoisotopic (exact) mass is 305 g/mol. The van der Waals surface area contributed by atoms with Crippen LogP contribution in [0, 0.1) is 11.6 Å². The minimum Gasteiger partial charge on any atom is -0.350 e. The summed E-state index contributed by atoms with van der Waals surface area (Å²) in [6.45, 7) is -0.0383. The quantitative estimate of drug-likeness (QED) is 0.877. The van der Waals surface area contributed by atoms with E-state index in [1.54, 1.807) is 24.5 Å². The third-order valence-electron chi connectivity index (χ3n) is 2.80. The van der Waals surface area contributed by atoms with Gasteiger partial charge in [-0.1, -0.05) is 6.07 Å². The van der Waals surface area contributed by atoms with E-state index in [0.717, 1.165) is 17.7 Å². The predicted octanol–water partition coefficient (Wildman–Crippen LogP) is 1.41. The van der Waals surface area contributed by atoms with E-state index in [-0.39, 0.29) is 18.7 Å². The summed E-state index contributed by atoms with van der Waals surface area (Å²) >= 11 is 0. The molecule has 7 heteroatoms. The highest BCUT2D eigenvalue weighted by atomic mass is 19.1. The van der Waals surface area contributed by atoms with E-state index in [2.05, 4.69) is 15.6 Å². The van der Waals surface area contributed by atoms with Crippen LogP contribution in [-0.4, -0.2) is 23.3 Å². The lowest BCUT2D eigenvalue weighted by atomic mass is 10.2. The molecule has 0 aliphatic heterocycles. The molecule has 2 amide bonds. The van der Waals surface area contributed by atoms with Crippen molar-refractivity contribution in [3.05, 3.63) is 65.5 Å². The molecule has 2 rings (SSSR count). The molecule has 2 aromatic rings. The van der Waals surface area contributed by atoms with Crippen LogP contribution in [0.25, 0.3) is 0 Å². The van der Waals surface area contributed by atoms with E-state index in [1.807, 2.05) is 0 Å². The van der Waals surface area contributed by atoms with Crippen LogP contribution in [0.5, 0.6) is 0 Å². The Morgan fingerprint density at radius 2 is 1.95 bits per heavy atom. The van der Waals surface area contributed by atoms with Crippen LogP contribution in [0.4, 0.5) is 8.78 Å². The number of amides is 2. The molecular weight excluding hydrogens is 292 g/mol. The second-order valence-electron chi connectivity index (χ2n) is 4.44. The lowest BCUT2D eigenvalue weighted by molar-refractivity contribution is -0.120. The molecule has 1 aromatic heterocycles. The Kier molecular flexibility index (Phi) is 5.13. The lowest BCUT2D eigenvalue weighted by Crippen LogP contribution is -2.36. The Bertz CT molecular complexity index is 678. The number of pyridine rings is 1. The van der Waals surface area contributed by atoms with Crippen LogP contribution in [0.3, 0.4) is 0 Å². The standard InChI is InChI=1S/C15H13F2N3O2/c16-11-3-4-12(13(17)6-11)15(22)20-9-14(21)19-8-10-2-1-5-18-7-10/h1-7H,8-9H2,(H,19,21)(H,20,22). The summed E-state index contributed by atoms with van der Waals surface area (Å²) in [7, 11) is 0. The molecule has 22 heavy (non-hydrogen) atoms. The van der Waals surface area contributed by atoms with Crippen molar-refractivity contribution in [3.63, 3.8) is 0 Å². The molecule has 2 N–H and O–H groups in total. The maximum atomic E-state index is 13.4. The molecule has 0 radical (unpaired) electrons. The van der Waals surface area contributed by atoms with Crippen LogP contribution in [0.2, 0.25) is 0 Å². The fourth-order valence-electron chi connectivity index (χ4n) is 1.70. The zero-order valence-electron chi connectivity index (χ0n) is 11.5. The number of carbonyl (C=O) groups excluding carboxylic acids is 2. The van der Waals surface area contributed by atoms with Crippen molar-refractivity contribution in [1.29, 1.82) is 0 Å². The number of benzene rings is 1. The van der Waals surface area contributed by atoms with Gasteiger partial charge in [-0.25, -0.2) is 8.78 Å². The van der Waals surface area contributed by atoms with Crippen molar-refractivity contribution in [2.24, 2.45) is 0 Å². The first-order chi connectivity index (χ1) is 10.6. The Morgan fingerprint density at radius 1 is 1.14 bits per heavy atom. The lowest BCUT2D eigenvalue weighted by Gasteiger charge is -2.07. The van der Waals surface area contributed by atoms with Crippen molar-refractivity contribution >= 4 is 11.8 Å². The summed E-state index contributed by atoms with van der Waals surface area (Å²) in [5.41, 5.74) is 0.494. The molecule has 114 valence electrons. The number of carbonyl (C=O) groups is 2. The van der Waals surface area contributed by atoms with Crippen LogP contribution >= 0.6 is 0 Å². The van der Waals surface area contributed by atoms with E-state index in [1.165, 1.54) is 0 Å². The largest absolute Gasteiger partial charge is 0.350 e. The Morgan fingerprint density at radius 3 is 2.64 bits per heavy atom. The summed E-state index contributed by atoms with van der Waals surface area (Å²) in [5.74, 6) is -2.97. The number of nitrogens with one attached hydrogen (secondary N) is 2. The highest BCUT2D eigenvalue weighted by molar-refractivity contribution is 5.96. The van der Waals surface area contributed by atoms with Gasteiger partial charge in [-0.2, -0.15) is 0 Å². The predicted molar refractivity (Wildman–Crippen MR) is 74.8 cm³/mol. The zero-order valence-corrected chi connectivity index (χ0v) is 11.5. The summed E-state index contributed by atoms with van der Waals surface area (Å²) in [6, 6.07) is 6.13. The van der Waals surface area contributed by atoms with Gasteiger partial charge in [0.15, 0.2) is 0 Å². The number of hydrogen-bond donors (Lipinski definition) is 2. The topological polar surface area (TPSA) is 71.1 Å². The second kappa shape index (κ2) is 7.26. The normalized spacial score (nSPS) is 10.1. The maximum Gasteiger partial charge on any atom is 0.254 e. The molecular formula is C15H13F2N3O2. The molecule has 0 spiro atoms. The third kappa shape index (κ3) is 4.34. The first-order valence-electron chi connectivity index (χ1n) is 6.45. The first kappa shape index (κ1) is 15.6. The van der Waals surface area contributed by atoms with E-state index < -0.39 is 23.4 Å². The van der Waals surface area contributed by atoms with Crippen molar-refractivity contribution in [2.75, 3.05) is 6.54 Å². The molecule has 0 bridgehead atoms. The minimum atomic E-state index is -0.978. The Labute approximate surface area is 125 Å². The number of aromatic nitrogens is 1. The number of rotatable bonds is 5. The Hall–Kier alpha value is -2.83. The van der Waals surface area contributed by atoms with Gasteiger partial charge < -0.3 is 10.6 Å². The highest BCUT2D eigenvalue weighted by Crippen LogP contribution is 2.09. The molecule has 0 fully saturated rings. The van der Waals surface area contributed by atoms with Crippen molar-refractivity contribution in [1.82, 2.24) is 15.6 Å². The molecule has 1 aromatic carbocycles. The van der Waals surface area contributed by atoms with Crippen LogP contribution < -0.4 is 10.6 Å². The van der Waals surface area contributed by atoms with E-state index in [9.17, 15) is 18.4 Å². The fourth-order valence-corrected chi connectivity index (χ4v) is 1.70. The van der Waals surface area contributed by atoms with E-state index >= 15 is 0 Å². The summed E-state index contributed by atoms with van der Waals surface area (Å²) in [6.07, 6.45) is 3.22. The number of hydrogen-bond acceptors (Lipinski definition) is 3. The van der Waals surface area contributed by atoms with Gasteiger partial charge in [0, 0.05) is 25.0 Å². The second-order valence-corrected chi connectivity index (χ2v) is 4.44. The number of halogens is 2. The highest BCUT2D eigenvalue weighted by Gasteiger charge is 2.13. The van der Waals surface area contributed by atoms with Gasteiger partial charge in [0.25, 0.3) is 5.91 Å². The van der Waals surface area contributed by atoms with Gasteiger partial charge in [-0.05, 0) is 23.8 Å². The SMILES string of the molecule is O=C(CNC(=O)c1ccc(F)cc1F)NCc1cccnc1. The van der Waals surface area contributed by atoms with Crippen LogP contribution in [-0.2, 0) is 11.3 Å². The molecule has 1 heterocycles. The van der Waals surface area contributed by atoms with Gasteiger partial charge in [0.1, 0.15) is 11.6 Å². The van der Waals surface area contributed by atoms with E-state index in [4.69, 9.17) is 0 Å². The van der Waals surface area contributed by atoms with Crippen molar-refractivity contribution in [2.45, 2.75) is 6.54 Å². The first-order valence-corrected chi connectivity index (χ1v) is 6.45. The molecule has 5 nitrogen and oxygen atoms in total. The van der Waals surface area contributed by atoms with Crippen molar-refractivity contribution in [3.8, 4) is 0 Å². The minimum absolute atomic E-state index is 0.271. The fraction of sp³-hybridized carbons (Fsp3) is 0.133. The summed E-state index contributed by atoms with van der Waals surface area (Å²) in [5, 5.41) is 4.85. The van der Waals surface area contributed by atoms with Gasteiger partial charge in [0.2, 0.25) is 5.91 Å². The average molecular weight is 305 g/mol. The maximum absolute atomic E-state index is 13.4. The Balaban J connectivity index is 1.82. The van der Waals surface area contributed by atoms with Gasteiger partial charge in [0.05, 0.1) is 12.1 Å². The van der Waals surface area contributed by atoms with Crippen molar-refractivity contribution < 1.29 is 18.4 Å². The van der Waals surface area contributed by atoms with E-state index in [0.29, 0.717) is 6.07 Å². The molecule has 0 unspecified atom stereocenters. The molecule has 0 aliphatic carbocycles. The average Bonchev–Trinajstić information content (AvgIpc) is 2.51. The van der Waals surface area contributed by atoms with Gasteiger partial charge in [-0.15, -0.1) is 0 Å². The summed E-state index contributed by atoms with van der Waals surface area (Å²) < 4.78 is 26.1. The summed E-state index contributed by atoms with van der Waals surface area (Å²) in [4.78, 5) is 27.2. The van der Waals surface area contributed by atoms with Gasteiger partial charge in [-0.3, -0.25) is 14.6 Å². The zero-order chi connectivity index (χ0) is 15.9. The van der Waals surface area contributed by atoms with Gasteiger partial charge >= 0.3 is 0 Å². The smallest absolute Gasteiger partial charge is 0.254 e. The molecule has 0 saturated heterocycles. The van der Waals surface area contributed by atoms with Crippen LogP contribution in [0.15, 0.2) is 42.7 Å². The molecule has 0 atom stereocenters. The molecule has 0 saturated carbocycles.